The van der Waals surface area contributed by atoms with Gasteiger partial charge < -0.3 is 24.2 Å². The van der Waals surface area contributed by atoms with E-state index in [1.165, 1.54) is 15.7 Å². The van der Waals surface area contributed by atoms with Crippen LogP contribution in [0, 0.1) is 6.92 Å². The molecule has 1 amide bonds. The molecule has 0 fully saturated rings. The highest BCUT2D eigenvalue weighted by Crippen LogP contribution is 2.40. The van der Waals surface area contributed by atoms with Crippen molar-refractivity contribution in [3.63, 3.8) is 0 Å². The molecule has 0 aliphatic carbocycles. The summed E-state index contributed by atoms with van der Waals surface area (Å²) in [7, 11) is 0. The number of aromatic nitrogens is 2. The molecule has 9 heteroatoms. The van der Waals surface area contributed by atoms with E-state index in [1.807, 2.05) is 60.7 Å². The number of rotatable bonds is 6. The number of carbonyl (C=O) groups excluding carboxylic acids is 1. The lowest BCUT2D eigenvalue weighted by Crippen LogP contribution is -2.46. The van der Waals surface area contributed by atoms with Crippen LogP contribution in [0.1, 0.15) is 55.4 Å². The summed E-state index contributed by atoms with van der Waals surface area (Å²) in [6.07, 6.45) is 1.17. The average molecular weight is 485 g/mol. The van der Waals surface area contributed by atoms with Gasteiger partial charge in [-0.3, -0.25) is 9.59 Å². The predicted octanol–water partition coefficient (Wildman–Crippen LogP) is 3.58. The van der Waals surface area contributed by atoms with Crippen LogP contribution in [0.2, 0.25) is 0 Å². The van der Waals surface area contributed by atoms with Crippen LogP contribution in [0.4, 0.5) is 0 Å². The molecule has 2 aromatic heterocycles. The molecular formula is C27H23N3O6. The standard InChI is InChI=1S/C27H23N3O6/c1-16-12-19(28-36-16)13-29-15-21(22(17-8-4-2-5-9-17)18-10-6-3-7-11-18)30-14-20(27(34)35)24(31)25(32)23(30)26(29)33/h2-12,14,21-22,32H,13,15H2,1H3,(H,34,35). The second kappa shape index (κ2) is 9.18. The first-order valence-corrected chi connectivity index (χ1v) is 11.4. The number of amides is 1. The molecule has 2 aromatic carbocycles. The molecule has 36 heavy (non-hydrogen) atoms. The van der Waals surface area contributed by atoms with Gasteiger partial charge in [0.05, 0.1) is 12.6 Å². The van der Waals surface area contributed by atoms with Gasteiger partial charge in [-0.15, -0.1) is 0 Å². The molecule has 5 rings (SSSR count). The van der Waals surface area contributed by atoms with Crippen molar-refractivity contribution in [2.45, 2.75) is 25.4 Å². The number of carboxylic acids is 1. The Morgan fingerprint density at radius 2 is 1.69 bits per heavy atom. The molecule has 0 saturated carbocycles. The number of fused-ring (bicyclic) bond motifs is 1. The van der Waals surface area contributed by atoms with Crippen molar-refractivity contribution in [2.24, 2.45) is 0 Å². The van der Waals surface area contributed by atoms with Crippen molar-refractivity contribution < 1.29 is 24.3 Å². The van der Waals surface area contributed by atoms with Gasteiger partial charge in [0.25, 0.3) is 5.91 Å². The number of hydrogen-bond donors (Lipinski definition) is 2. The van der Waals surface area contributed by atoms with E-state index < -0.39 is 34.7 Å². The van der Waals surface area contributed by atoms with E-state index in [-0.39, 0.29) is 24.7 Å². The molecule has 1 aliphatic rings. The Kier molecular flexibility index (Phi) is 5.89. The second-order valence-electron chi connectivity index (χ2n) is 8.76. The highest BCUT2D eigenvalue weighted by atomic mass is 16.5. The van der Waals surface area contributed by atoms with E-state index in [1.54, 1.807) is 13.0 Å². The minimum Gasteiger partial charge on any atom is -0.503 e. The van der Waals surface area contributed by atoms with Gasteiger partial charge in [-0.1, -0.05) is 65.8 Å². The van der Waals surface area contributed by atoms with Gasteiger partial charge in [0.15, 0.2) is 11.4 Å². The van der Waals surface area contributed by atoms with Crippen LogP contribution in [-0.4, -0.2) is 43.3 Å². The van der Waals surface area contributed by atoms with Crippen LogP contribution in [0.3, 0.4) is 0 Å². The summed E-state index contributed by atoms with van der Waals surface area (Å²) in [5.41, 5.74) is 0.430. The maximum atomic E-state index is 13.5. The number of aromatic hydroxyl groups is 1. The maximum Gasteiger partial charge on any atom is 0.341 e. The molecule has 0 saturated heterocycles. The van der Waals surface area contributed by atoms with E-state index in [0.29, 0.717) is 11.5 Å². The molecule has 3 heterocycles. The molecule has 1 aliphatic heterocycles. The highest BCUT2D eigenvalue weighted by Gasteiger charge is 2.40. The highest BCUT2D eigenvalue weighted by molar-refractivity contribution is 5.97. The average Bonchev–Trinajstić information content (AvgIpc) is 3.29. The van der Waals surface area contributed by atoms with Crippen LogP contribution < -0.4 is 5.43 Å². The Bertz CT molecular complexity index is 1450. The minimum atomic E-state index is -1.48. The fraction of sp³-hybridized carbons (Fsp3) is 0.185. The van der Waals surface area contributed by atoms with Crippen molar-refractivity contribution >= 4 is 11.9 Å². The SMILES string of the molecule is Cc1cc(CN2CC(C(c3ccccc3)c3ccccc3)n3cc(C(=O)O)c(=O)c(O)c3C2=O)no1. The molecular weight excluding hydrogens is 462 g/mol. The normalized spacial score (nSPS) is 15.2. The molecule has 0 bridgehead atoms. The zero-order valence-corrected chi connectivity index (χ0v) is 19.4. The van der Waals surface area contributed by atoms with Gasteiger partial charge in [0.1, 0.15) is 17.0 Å². The molecule has 4 aromatic rings. The van der Waals surface area contributed by atoms with E-state index in [2.05, 4.69) is 5.16 Å². The van der Waals surface area contributed by atoms with Crippen LogP contribution in [0.5, 0.6) is 5.75 Å². The van der Waals surface area contributed by atoms with E-state index in [4.69, 9.17) is 4.52 Å². The predicted molar refractivity (Wildman–Crippen MR) is 129 cm³/mol. The molecule has 0 radical (unpaired) electrons. The summed E-state index contributed by atoms with van der Waals surface area (Å²) in [4.78, 5) is 39.5. The summed E-state index contributed by atoms with van der Waals surface area (Å²) in [6.45, 7) is 2.01. The third-order valence-electron chi connectivity index (χ3n) is 6.43. The van der Waals surface area contributed by atoms with Gasteiger partial charge in [0.2, 0.25) is 5.43 Å². The van der Waals surface area contributed by atoms with Gasteiger partial charge in [-0.05, 0) is 18.1 Å². The molecule has 1 unspecified atom stereocenters. The zero-order valence-electron chi connectivity index (χ0n) is 19.4. The number of aromatic carboxylic acids is 1. The Morgan fingerprint density at radius 3 is 2.22 bits per heavy atom. The van der Waals surface area contributed by atoms with Crippen LogP contribution in [-0.2, 0) is 6.54 Å². The summed E-state index contributed by atoms with van der Waals surface area (Å²) in [6, 6.07) is 20.4. The number of carboxylic acid groups (broad SMARTS) is 1. The number of benzene rings is 2. The Balaban J connectivity index is 1.73. The fourth-order valence-electron chi connectivity index (χ4n) is 4.84. The number of pyridine rings is 1. The fourth-order valence-corrected chi connectivity index (χ4v) is 4.84. The van der Waals surface area contributed by atoms with Crippen molar-refractivity contribution in [3.8, 4) is 5.75 Å². The quantitative estimate of drug-likeness (QED) is 0.428. The number of aryl methyl sites for hydroxylation is 1. The van der Waals surface area contributed by atoms with Crippen molar-refractivity contribution in [2.75, 3.05) is 6.54 Å². The topological polar surface area (TPSA) is 126 Å². The monoisotopic (exact) mass is 485 g/mol. The second-order valence-corrected chi connectivity index (χ2v) is 8.76. The lowest BCUT2D eigenvalue weighted by Gasteiger charge is -2.40. The van der Waals surface area contributed by atoms with Crippen molar-refractivity contribution in [1.29, 1.82) is 0 Å². The Hall–Kier alpha value is -4.66. The lowest BCUT2D eigenvalue weighted by atomic mass is 9.83. The lowest BCUT2D eigenvalue weighted by molar-refractivity contribution is 0.0620. The van der Waals surface area contributed by atoms with Crippen molar-refractivity contribution in [1.82, 2.24) is 14.6 Å². The van der Waals surface area contributed by atoms with Crippen LogP contribution in [0.25, 0.3) is 0 Å². The first-order valence-electron chi connectivity index (χ1n) is 11.4. The molecule has 1 atom stereocenters. The zero-order chi connectivity index (χ0) is 25.4. The Morgan fingerprint density at radius 1 is 1.08 bits per heavy atom. The first-order chi connectivity index (χ1) is 17.3. The maximum absolute atomic E-state index is 13.5. The molecule has 9 nitrogen and oxygen atoms in total. The van der Waals surface area contributed by atoms with Gasteiger partial charge in [-0.2, -0.15) is 0 Å². The molecule has 2 N–H and O–H groups in total. The smallest absolute Gasteiger partial charge is 0.341 e. The van der Waals surface area contributed by atoms with Gasteiger partial charge in [-0.25, -0.2) is 4.79 Å². The number of hydrogen-bond acceptors (Lipinski definition) is 6. The van der Waals surface area contributed by atoms with Crippen LogP contribution >= 0.6 is 0 Å². The summed E-state index contributed by atoms with van der Waals surface area (Å²) < 4.78 is 6.59. The molecule has 182 valence electrons. The third kappa shape index (κ3) is 4.04. The molecule has 0 spiro atoms. The summed E-state index contributed by atoms with van der Waals surface area (Å²) in [5, 5.41) is 24.4. The van der Waals surface area contributed by atoms with E-state index in [0.717, 1.165) is 11.1 Å². The number of nitrogens with zero attached hydrogens (tertiary/aromatic N) is 3. The van der Waals surface area contributed by atoms with Gasteiger partial charge >= 0.3 is 5.97 Å². The van der Waals surface area contributed by atoms with E-state index in [9.17, 15) is 24.6 Å². The van der Waals surface area contributed by atoms with Crippen molar-refractivity contribution in [3.05, 3.63) is 117 Å². The summed E-state index contributed by atoms with van der Waals surface area (Å²) in [5.74, 6) is -2.70. The largest absolute Gasteiger partial charge is 0.503 e. The third-order valence-corrected chi connectivity index (χ3v) is 6.43. The minimum absolute atomic E-state index is 0.0945. The summed E-state index contributed by atoms with van der Waals surface area (Å²) >= 11 is 0. The van der Waals surface area contributed by atoms with E-state index >= 15 is 0 Å². The van der Waals surface area contributed by atoms with Crippen LogP contribution in [0.15, 0.2) is 82.2 Å². The first kappa shape index (κ1) is 23.1. The number of carbonyl (C=O) groups is 2. The Labute approximate surface area is 205 Å². The van der Waals surface area contributed by atoms with Gasteiger partial charge in [0, 0.05) is 24.7 Å².